The van der Waals surface area contributed by atoms with E-state index in [4.69, 9.17) is 10.5 Å². The van der Waals surface area contributed by atoms with E-state index in [1.807, 2.05) is 0 Å². The molecule has 0 bridgehead atoms. The number of carbonyl (C=O) groups is 1. The fourth-order valence-corrected chi connectivity index (χ4v) is 3.45. The van der Waals surface area contributed by atoms with Gasteiger partial charge in [-0.15, -0.1) is 0 Å². The van der Waals surface area contributed by atoms with Gasteiger partial charge in [0.15, 0.2) is 0 Å². The second-order valence-electron chi connectivity index (χ2n) is 6.48. The van der Waals surface area contributed by atoms with Gasteiger partial charge in [-0.2, -0.15) is 0 Å². The molecule has 0 aromatic heterocycles. The molecule has 4 heteroatoms. The Balaban J connectivity index is 1.58. The Kier molecular flexibility index (Phi) is 6.80. The summed E-state index contributed by atoms with van der Waals surface area (Å²) < 4.78 is 5.34. The van der Waals surface area contributed by atoms with Crippen molar-refractivity contribution in [3.05, 3.63) is 0 Å². The van der Waals surface area contributed by atoms with Gasteiger partial charge in [-0.1, -0.05) is 32.1 Å². The Morgan fingerprint density at radius 3 is 2.50 bits per heavy atom. The van der Waals surface area contributed by atoms with Gasteiger partial charge in [0.05, 0.1) is 6.04 Å². The molecular formula is C16H30N2O2. The predicted molar refractivity (Wildman–Crippen MR) is 80.3 cm³/mol. The Labute approximate surface area is 122 Å². The highest BCUT2D eigenvalue weighted by Crippen LogP contribution is 2.27. The van der Waals surface area contributed by atoms with Crippen molar-refractivity contribution in [2.45, 2.75) is 63.8 Å². The lowest BCUT2D eigenvalue weighted by atomic mass is 9.85. The number of amides is 1. The number of rotatable bonds is 6. The summed E-state index contributed by atoms with van der Waals surface area (Å²) in [6.07, 6.45) is 10.7. The third kappa shape index (κ3) is 5.41. The molecule has 3 N–H and O–H groups in total. The molecule has 1 saturated carbocycles. The molecule has 0 aromatic rings. The summed E-state index contributed by atoms with van der Waals surface area (Å²) in [6, 6.07) is -0.312. The second kappa shape index (κ2) is 8.63. The fourth-order valence-electron chi connectivity index (χ4n) is 3.45. The van der Waals surface area contributed by atoms with Crippen LogP contribution in [0.3, 0.4) is 0 Å². The first-order chi connectivity index (χ1) is 9.75. The van der Waals surface area contributed by atoms with Crippen LogP contribution in [0.2, 0.25) is 0 Å². The van der Waals surface area contributed by atoms with Crippen LogP contribution in [0.1, 0.15) is 57.8 Å². The molecule has 1 saturated heterocycles. The van der Waals surface area contributed by atoms with E-state index >= 15 is 0 Å². The van der Waals surface area contributed by atoms with Gasteiger partial charge in [0.2, 0.25) is 5.91 Å². The minimum absolute atomic E-state index is 0.0441. The molecule has 2 aliphatic rings. The maximum atomic E-state index is 12.0. The van der Waals surface area contributed by atoms with Crippen molar-refractivity contribution in [3.63, 3.8) is 0 Å². The topological polar surface area (TPSA) is 64.4 Å². The Morgan fingerprint density at radius 1 is 1.10 bits per heavy atom. The predicted octanol–water partition coefficient (Wildman–Crippen LogP) is 2.22. The number of nitrogens with two attached hydrogens (primary N) is 1. The monoisotopic (exact) mass is 282 g/mol. The average Bonchev–Trinajstić information content (AvgIpc) is 2.49. The van der Waals surface area contributed by atoms with Gasteiger partial charge in [-0.3, -0.25) is 4.79 Å². The van der Waals surface area contributed by atoms with Gasteiger partial charge in [0, 0.05) is 19.8 Å². The highest BCUT2D eigenvalue weighted by molar-refractivity contribution is 5.81. The first kappa shape index (κ1) is 15.8. The molecular weight excluding hydrogens is 252 g/mol. The molecule has 1 amide bonds. The van der Waals surface area contributed by atoms with E-state index in [2.05, 4.69) is 5.32 Å². The quantitative estimate of drug-likeness (QED) is 0.785. The summed E-state index contributed by atoms with van der Waals surface area (Å²) in [5, 5.41) is 3.01. The van der Waals surface area contributed by atoms with Crippen molar-refractivity contribution in [1.29, 1.82) is 0 Å². The summed E-state index contributed by atoms with van der Waals surface area (Å²) in [7, 11) is 0. The van der Waals surface area contributed by atoms with E-state index in [0.29, 0.717) is 11.8 Å². The van der Waals surface area contributed by atoms with Crippen molar-refractivity contribution in [2.75, 3.05) is 19.8 Å². The fraction of sp³-hybridized carbons (Fsp3) is 0.938. The van der Waals surface area contributed by atoms with Crippen LogP contribution in [0, 0.1) is 11.8 Å². The molecule has 1 atom stereocenters. The molecule has 4 nitrogen and oxygen atoms in total. The lowest BCUT2D eigenvalue weighted by molar-refractivity contribution is -0.122. The van der Waals surface area contributed by atoms with E-state index < -0.39 is 0 Å². The van der Waals surface area contributed by atoms with Gasteiger partial charge in [0.1, 0.15) is 0 Å². The van der Waals surface area contributed by atoms with Gasteiger partial charge in [-0.05, 0) is 37.5 Å². The molecule has 0 spiro atoms. The minimum atomic E-state index is -0.312. The van der Waals surface area contributed by atoms with E-state index in [9.17, 15) is 4.79 Å². The number of nitrogens with one attached hydrogen (secondary N) is 1. The van der Waals surface area contributed by atoms with Gasteiger partial charge >= 0.3 is 0 Å². The van der Waals surface area contributed by atoms with Gasteiger partial charge < -0.3 is 15.8 Å². The molecule has 1 aliphatic carbocycles. The Hall–Kier alpha value is -0.610. The third-order valence-corrected chi connectivity index (χ3v) is 4.84. The maximum absolute atomic E-state index is 12.0. The molecule has 0 radical (unpaired) electrons. The summed E-state index contributed by atoms with van der Waals surface area (Å²) in [4.78, 5) is 12.0. The first-order valence-electron chi connectivity index (χ1n) is 8.36. The van der Waals surface area contributed by atoms with E-state index in [1.54, 1.807) is 0 Å². The zero-order chi connectivity index (χ0) is 14.2. The van der Waals surface area contributed by atoms with Crippen LogP contribution in [0.15, 0.2) is 0 Å². The van der Waals surface area contributed by atoms with Crippen molar-refractivity contribution in [2.24, 2.45) is 17.6 Å². The van der Waals surface area contributed by atoms with Gasteiger partial charge in [-0.25, -0.2) is 0 Å². The zero-order valence-corrected chi connectivity index (χ0v) is 12.6. The smallest absolute Gasteiger partial charge is 0.236 e. The number of hydrogen-bond donors (Lipinski definition) is 2. The van der Waals surface area contributed by atoms with Crippen molar-refractivity contribution in [3.8, 4) is 0 Å². The molecule has 20 heavy (non-hydrogen) atoms. The van der Waals surface area contributed by atoms with E-state index in [0.717, 1.165) is 45.4 Å². The molecule has 116 valence electrons. The van der Waals surface area contributed by atoms with Crippen LogP contribution in [0.5, 0.6) is 0 Å². The zero-order valence-electron chi connectivity index (χ0n) is 12.6. The number of carbonyl (C=O) groups excluding carboxylic acids is 1. The Bertz CT molecular complexity index is 284. The summed E-state index contributed by atoms with van der Waals surface area (Å²) in [5.74, 6) is 1.42. The van der Waals surface area contributed by atoms with E-state index in [-0.39, 0.29) is 11.9 Å². The van der Waals surface area contributed by atoms with Crippen LogP contribution >= 0.6 is 0 Å². The highest BCUT2D eigenvalue weighted by Gasteiger charge is 2.21. The molecule has 1 unspecified atom stereocenters. The number of ether oxygens (including phenoxy) is 1. The molecule has 0 aromatic carbocycles. The summed E-state index contributed by atoms with van der Waals surface area (Å²) in [5.41, 5.74) is 6.04. The lowest BCUT2D eigenvalue weighted by Crippen LogP contribution is -2.42. The first-order valence-corrected chi connectivity index (χ1v) is 8.36. The lowest BCUT2D eigenvalue weighted by Gasteiger charge is -2.25. The minimum Gasteiger partial charge on any atom is -0.381 e. The van der Waals surface area contributed by atoms with Crippen LogP contribution < -0.4 is 11.1 Å². The normalized spacial score (nSPS) is 23.4. The third-order valence-electron chi connectivity index (χ3n) is 4.84. The van der Waals surface area contributed by atoms with Crippen molar-refractivity contribution in [1.82, 2.24) is 5.32 Å². The van der Waals surface area contributed by atoms with Crippen molar-refractivity contribution >= 4 is 5.91 Å². The van der Waals surface area contributed by atoms with Crippen LogP contribution in [0.25, 0.3) is 0 Å². The molecule has 1 aliphatic heterocycles. The molecule has 1 heterocycles. The van der Waals surface area contributed by atoms with E-state index in [1.165, 1.54) is 32.1 Å². The van der Waals surface area contributed by atoms with Crippen molar-refractivity contribution < 1.29 is 9.53 Å². The standard InChI is InChI=1S/C16H30N2O2/c17-15(12-14-4-2-1-3-5-14)16(19)18-9-6-13-7-10-20-11-8-13/h13-15H,1-12,17H2,(H,18,19). The highest BCUT2D eigenvalue weighted by atomic mass is 16.5. The average molecular weight is 282 g/mol. The SMILES string of the molecule is NC(CC1CCCCC1)C(=O)NCCC1CCOCC1. The van der Waals surface area contributed by atoms with Crippen LogP contribution in [0.4, 0.5) is 0 Å². The van der Waals surface area contributed by atoms with Crippen LogP contribution in [-0.2, 0) is 9.53 Å². The number of hydrogen-bond acceptors (Lipinski definition) is 3. The molecule has 2 fully saturated rings. The van der Waals surface area contributed by atoms with Gasteiger partial charge in [0.25, 0.3) is 0 Å². The molecule has 2 rings (SSSR count). The second-order valence-corrected chi connectivity index (χ2v) is 6.48. The largest absolute Gasteiger partial charge is 0.381 e. The Morgan fingerprint density at radius 2 is 1.80 bits per heavy atom. The summed E-state index contributed by atoms with van der Waals surface area (Å²) in [6.45, 7) is 2.52. The maximum Gasteiger partial charge on any atom is 0.236 e. The van der Waals surface area contributed by atoms with Crippen LogP contribution in [-0.4, -0.2) is 31.7 Å². The summed E-state index contributed by atoms with van der Waals surface area (Å²) >= 11 is 0.